The largest absolute Gasteiger partial charge is 0.497 e. The average molecular weight is 287 g/mol. The zero-order chi connectivity index (χ0) is 15.2. The Morgan fingerprint density at radius 1 is 1.14 bits per heavy atom. The van der Waals surface area contributed by atoms with Crippen LogP contribution in [0.4, 0.5) is 17.1 Å². The summed E-state index contributed by atoms with van der Waals surface area (Å²) in [6.45, 7) is 0.498. The number of hydrogen-bond donors (Lipinski definition) is 2. The summed E-state index contributed by atoms with van der Waals surface area (Å²) in [5.41, 5.74) is 2.04. The molecule has 0 fully saturated rings. The van der Waals surface area contributed by atoms with E-state index in [2.05, 4.69) is 10.6 Å². The fourth-order valence-corrected chi connectivity index (χ4v) is 2.03. The lowest BCUT2D eigenvalue weighted by Crippen LogP contribution is -2.05. The van der Waals surface area contributed by atoms with Crippen molar-refractivity contribution in [3.8, 4) is 5.75 Å². The van der Waals surface area contributed by atoms with Crippen molar-refractivity contribution in [2.24, 2.45) is 0 Å². The summed E-state index contributed by atoms with van der Waals surface area (Å²) in [5.74, 6) is 0.780. The molecule has 6 nitrogen and oxygen atoms in total. The number of nitro groups is 1. The van der Waals surface area contributed by atoms with Gasteiger partial charge in [-0.1, -0.05) is 18.2 Å². The molecular weight excluding hydrogens is 270 g/mol. The Hall–Kier alpha value is -2.76. The Balaban J connectivity index is 2.17. The van der Waals surface area contributed by atoms with Crippen molar-refractivity contribution in [2.75, 3.05) is 24.8 Å². The van der Waals surface area contributed by atoms with E-state index in [0.29, 0.717) is 17.9 Å². The molecule has 0 saturated carbocycles. The van der Waals surface area contributed by atoms with Gasteiger partial charge in [0.25, 0.3) is 0 Å². The maximum absolute atomic E-state index is 11.2. The van der Waals surface area contributed by atoms with Gasteiger partial charge >= 0.3 is 5.69 Å². The number of rotatable bonds is 6. The van der Waals surface area contributed by atoms with Crippen LogP contribution >= 0.6 is 0 Å². The fourth-order valence-electron chi connectivity index (χ4n) is 2.03. The van der Waals surface area contributed by atoms with E-state index in [1.54, 1.807) is 32.4 Å². The van der Waals surface area contributed by atoms with Gasteiger partial charge in [0.15, 0.2) is 0 Å². The van der Waals surface area contributed by atoms with Gasteiger partial charge in [0.05, 0.1) is 12.0 Å². The highest BCUT2D eigenvalue weighted by Crippen LogP contribution is 2.32. The summed E-state index contributed by atoms with van der Waals surface area (Å²) >= 11 is 0. The number of hydrogen-bond acceptors (Lipinski definition) is 5. The van der Waals surface area contributed by atoms with Crippen LogP contribution in [0.5, 0.6) is 5.75 Å². The number of benzene rings is 2. The standard InChI is InChI=1S/C15H17N3O3/c1-16-13-4-3-5-14(15(13)18(19)20)17-10-11-6-8-12(21-2)9-7-11/h3-9,16-17H,10H2,1-2H3. The molecular formula is C15H17N3O3. The van der Waals surface area contributed by atoms with Crippen molar-refractivity contribution in [2.45, 2.75) is 6.54 Å². The topological polar surface area (TPSA) is 76.4 Å². The van der Waals surface area contributed by atoms with E-state index in [4.69, 9.17) is 4.74 Å². The molecule has 0 aliphatic heterocycles. The fraction of sp³-hybridized carbons (Fsp3) is 0.200. The normalized spacial score (nSPS) is 10.0. The maximum Gasteiger partial charge on any atom is 0.315 e. The van der Waals surface area contributed by atoms with Gasteiger partial charge in [0.2, 0.25) is 0 Å². The molecule has 0 saturated heterocycles. The number of anilines is 2. The molecule has 0 atom stereocenters. The Morgan fingerprint density at radius 3 is 2.38 bits per heavy atom. The average Bonchev–Trinajstić information content (AvgIpc) is 2.52. The highest BCUT2D eigenvalue weighted by molar-refractivity contribution is 5.76. The number of nitrogens with one attached hydrogen (secondary N) is 2. The molecule has 2 aromatic carbocycles. The molecule has 0 heterocycles. The molecule has 0 bridgehead atoms. The second-order valence-electron chi connectivity index (χ2n) is 4.41. The van der Waals surface area contributed by atoms with E-state index >= 15 is 0 Å². The number of para-hydroxylation sites is 1. The van der Waals surface area contributed by atoms with Crippen LogP contribution in [0.2, 0.25) is 0 Å². The quantitative estimate of drug-likeness (QED) is 0.630. The molecule has 0 aliphatic carbocycles. The molecule has 2 aromatic rings. The van der Waals surface area contributed by atoms with Gasteiger partial charge in [-0.25, -0.2) is 0 Å². The summed E-state index contributed by atoms with van der Waals surface area (Å²) < 4.78 is 5.09. The minimum absolute atomic E-state index is 0.0495. The van der Waals surface area contributed by atoms with Gasteiger partial charge in [0, 0.05) is 13.6 Å². The van der Waals surface area contributed by atoms with Gasteiger partial charge < -0.3 is 15.4 Å². The van der Waals surface area contributed by atoms with Gasteiger partial charge in [-0.15, -0.1) is 0 Å². The summed E-state index contributed by atoms with van der Waals surface area (Å²) in [4.78, 5) is 10.8. The van der Waals surface area contributed by atoms with Gasteiger partial charge in [0.1, 0.15) is 17.1 Å². The molecule has 21 heavy (non-hydrogen) atoms. The van der Waals surface area contributed by atoms with Gasteiger partial charge in [-0.2, -0.15) is 0 Å². The summed E-state index contributed by atoms with van der Waals surface area (Å²) in [6.07, 6.45) is 0. The lowest BCUT2D eigenvalue weighted by Gasteiger charge is -2.10. The molecule has 110 valence electrons. The van der Waals surface area contributed by atoms with E-state index in [0.717, 1.165) is 11.3 Å². The second kappa shape index (κ2) is 6.60. The second-order valence-corrected chi connectivity index (χ2v) is 4.41. The van der Waals surface area contributed by atoms with Crippen molar-refractivity contribution < 1.29 is 9.66 Å². The first-order chi connectivity index (χ1) is 10.2. The Labute approximate surface area is 122 Å². The summed E-state index contributed by atoms with van der Waals surface area (Å²) in [7, 11) is 3.27. The van der Waals surface area contributed by atoms with Crippen LogP contribution < -0.4 is 15.4 Å². The zero-order valence-electron chi connectivity index (χ0n) is 11.9. The van der Waals surface area contributed by atoms with E-state index in [1.165, 1.54) is 0 Å². The van der Waals surface area contributed by atoms with Crippen molar-refractivity contribution in [1.82, 2.24) is 0 Å². The van der Waals surface area contributed by atoms with Crippen LogP contribution in [0, 0.1) is 10.1 Å². The number of ether oxygens (including phenoxy) is 1. The SMILES string of the molecule is CNc1cccc(NCc2ccc(OC)cc2)c1[N+](=O)[O-]. The van der Waals surface area contributed by atoms with Crippen LogP contribution in [0.3, 0.4) is 0 Å². The molecule has 0 aromatic heterocycles. The predicted octanol–water partition coefficient (Wildman–Crippen LogP) is 3.26. The summed E-state index contributed by atoms with van der Waals surface area (Å²) in [6, 6.07) is 12.7. The molecule has 6 heteroatoms. The lowest BCUT2D eigenvalue weighted by molar-refractivity contribution is -0.383. The predicted molar refractivity (Wildman–Crippen MR) is 83.0 cm³/mol. The van der Waals surface area contributed by atoms with Crippen molar-refractivity contribution >= 4 is 17.1 Å². The number of nitro benzene ring substituents is 1. The number of methoxy groups -OCH3 is 1. The van der Waals surface area contributed by atoms with Crippen molar-refractivity contribution in [3.05, 3.63) is 58.1 Å². The van der Waals surface area contributed by atoms with Crippen LogP contribution in [0.15, 0.2) is 42.5 Å². The van der Waals surface area contributed by atoms with Crippen LogP contribution in [-0.4, -0.2) is 19.1 Å². The van der Waals surface area contributed by atoms with Gasteiger partial charge in [-0.3, -0.25) is 10.1 Å². The van der Waals surface area contributed by atoms with E-state index < -0.39 is 0 Å². The lowest BCUT2D eigenvalue weighted by atomic mass is 10.2. The van der Waals surface area contributed by atoms with E-state index in [9.17, 15) is 10.1 Å². The molecule has 0 unspecified atom stereocenters. The minimum Gasteiger partial charge on any atom is -0.497 e. The first-order valence-electron chi connectivity index (χ1n) is 6.47. The van der Waals surface area contributed by atoms with Crippen LogP contribution in [0.25, 0.3) is 0 Å². The number of nitrogens with zero attached hydrogens (tertiary/aromatic N) is 1. The minimum atomic E-state index is -0.387. The molecule has 0 aliphatic rings. The third-order valence-electron chi connectivity index (χ3n) is 3.13. The van der Waals surface area contributed by atoms with Gasteiger partial charge in [-0.05, 0) is 29.8 Å². The highest BCUT2D eigenvalue weighted by atomic mass is 16.6. The van der Waals surface area contributed by atoms with Crippen LogP contribution in [-0.2, 0) is 6.54 Å². The van der Waals surface area contributed by atoms with E-state index in [1.807, 2.05) is 24.3 Å². The van der Waals surface area contributed by atoms with Crippen LogP contribution in [0.1, 0.15) is 5.56 Å². The molecule has 0 amide bonds. The molecule has 2 N–H and O–H groups in total. The van der Waals surface area contributed by atoms with Crippen molar-refractivity contribution in [1.29, 1.82) is 0 Å². The zero-order valence-corrected chi connectivity index (χ0v) is 11.9. The molecule has 2 rings (SSSR count). The third kappa shape index (κ3) is 3.42. The summed E-state index contributed by atoms with van der Waals surface area (Å²) in [5, 5.41) is 17.1. The first-order valence-corrected chi connectivity index (χ1v) is 6.47. The van der Waals surface area contributed by atoms with Crippen molar-refractivity contribution in [3.63, 3.8) is 0 Å². The Morgan fingerprint density at radius 2 is 1.81 bits per heavy atom. The Kier molecular flexibility index (Phi) is 4.61. The molecule has 0 radical (unpaired) electrons. The van der Waals surface area contributed by atoms with E-state index in [-0.39, 0.29) is 10.6 Å². The Bertz CT molecular complexity index is 627. The monoisotopic (exact) mass is 287 g/mol. The third-order valence-corrected chi connectivity index (χ3v) is 3.13. The molecule has 0 spiro atoms. The first kappa shape index (κ1) is 14.6. The maximum atomic E-state index is 11.2. The highest BCUT2D eigenvalue weighted by Gasteiger charge is 2.18. The smallest absolute Gasteiger partial charge is 0.315 e.